The molecule has 1 radical (unpaired) electrons. The molecule has 0 saturated carbocycles. The predicted octanol–water partition coefficient (Wildman–Crippen LogP) is 7.71. The summed E-state index contributed by atoms with van der Waals surface area (Å²) in [6, 6.07) is 46.9. The normalized spacial score (nSPS) is 13.7. The molecule has 30 heteroatoms. The quantitative estimate of drug-likeness (QED) is 0.0524. The number of oxazole rings is 2. The highest BCUT2D eigenvalue weighted by molar-refractivity contribution is 8.05. The summed E-state index contributed by atoms with van der Waals surface area (Å²) < 4.78 is 226. The van der Waals surface area contributed by atoms with Crippen molar-refractivity contribution in [3.8, 4) is 29.1 Å². The number of benzene rings is 6. The first-order chi connectivity index (χ1) is 40.1. The largest absolute Gasteiger partial charge is 0.512 e. The fourth-order valence-corrected chi connectivity index (χ4v) is 13.0. The highest BCUT2D eigenvalue weighted by Gasteiger charge is 2.83. The number of rotatable bonds is 17. The topological polar surface area (TPSA) is 233 Å². The third-order valence-corrected chi connectivity index (χ3v) is 17.8. The molecule has 16 nitrogen and oxygen atoms in total. The lowest BCUT2D eigenvalue weighted by Gasteiger charge is -2.31. The molecule has 4 aromatic heterocycles. The number of aromatic nitrogens is 4. The summed E-state index contributed by atoms with van der Waals surface area (Å²) >= 11 is 0. The number of nitrogens with zero attached hydrogens (tertiary/aromatic N) is 6. The van der Waals surface area contributed by atoms with Crippen LogP contribution in [0.4, 0.5) is 39.5 Å². The van der Waals surface area contributed by atoms with Gasteiger partial charge in [0.2, 0.25) is 11.8 Å². The van der Waals surface area contributed by atoms with Crippen molar-refractivity contribution >= 4 is 105 Å². The van der Waals surface area contributed by atoms with Crippen molar-refractivity contribution in [3.63, 3.8) is 0 Å². The van der Waals surface area contributed by atoms with Crippen LogP contribution in [0.2, 0.25) is 0 Å². The highest BCUT2D eigenvalue weighted by Crippen LogP contribution is 2.51. The monoisotopic (exact) mass is 1230 g/mol. The molecule has 0 saturated heterocycles. The lowest BCUT2D eigenvalue weighted by Crippen LogP contribution is -2.64. The second-order valence-corrected chi connectivity index (χ2v) is 24.2. The van der Waals surface area contributed by atoms with Crippen LogP contribution in [0.25, 0.3) is 55.4 Å². The summed E-state index contributed by atoms with van der Waals surface area (Å²) in [6.45, 7) is 2.68. The van der Waals surface area contributed by atoms with Gasteiger partial charge in [0, 0.05) is 27.7 Å². The van der Waals surface area contributed by atoms with Gasteiger partial charge in [-0.05, 0) is 42.3 Å². The molecule has 10 rings (SSSR count). The molecule has 0 aliphatic carbocycles. The minimum atomic E-state index is -8.12. The Labute approximate surface area is 476 Å². The molecule has 6 aromatic carbocycles. The van der Waals surface area contributed by atoms with E-state index in [0.29, 0.717) is 45.2 Å². The van der Waals surface area contributed by atoms with Crippen LogP contribution in [0.1, 0.15) is 37.2 Å². The second kappa shape index (κ2) is 21.5. The fraction of sp³-hybridized carbons (Fsp3) is 0.127. The van der Waals surface area contributed by atoms with E-state index in [2.05, 4.69) is 21.3 Å². The molecule has 0 fully saturated rings. The minimum absolute atomic E-state index is 0.00608. The van der Waals surface area contributed by atoms with Gasteiger partial charge in [-0.2, -0.15) is 58.5 Å². The van der Waals surface area contributed by atoms with Crippen molar-refractivity contribution in [2.75, 3.05) is 0 Å². The zero-order valence-corrected chi connectivity index (χ0v) is 45.8. The van der Waals surface area contributed by atoms with Gasteiger partial charge in [0.15, 0.2) is 11.2 Å². The molecule has 85 heavy (non-hydrogen) atoms. The summed E-state index contributed by atoms with van der Waals surface area (Å²) in [5.41, 5.74) is -4.84. The van der Waals surface area contributed by atoms with Crippen molar-refractivity contribution in [3.05, 3.63) is 192 Å². The van der Waals surface area contributed by atoms with E-state index in [1.54, 1.807) is 129 Å². The Kier molecular flexibility index (Phi) is 15.0. The van der Waals surface area contributed by atoms with Crippen molar-refractivity contribution < 1.29 is 77.8 Å². The molecule has 1 N–H and O–H groups in total. The summed E-state index contributed by atoms with van der Waals surface area (Å²) in [6.07, 6.45) is 0. The van der Waals surface area contributed by atoms with Crippen molar-refractivity contribution in [2.24, 2.45) is 0 Å². The van der Waals surface area contributed by atoms with Crippen LogP contribution < -0.4 is 35.4 Å². The van der Waals surface area contributed by atoms with E-state index in [-0.39, 0.29) is 66.8 Å². The molecular formula is C55H35B2F9N7O9S3. The summed E-state index contributed by atoms with van der Waals surface area (Å²) in [5, 5.41) is 8.31. The van der Waals surface area contributed by atoms with Gasteiger partial charge in [0.25, 0.3) is 17.4 Å². The van der Waals surface area contributed by atoms with Crippen molar-refractivity contribution in [2.45, 2.75) is 41.7 Å². The lowest BCUT2D eigenvalue weighted by molar-refractivity contribution is -0.245. The maximum atomic E-state index is 15.8. The molecule has 431 valence electrons. The van der Waals surface area contributed by atoms with Crippen LogP contribution in [0, 0.1) is 22.7 Å². The van der Waals surface area contributed by atoms with Crippen LogP contribution in [0.3, 0.4) is 0 Å². The van der Waals surface area contributed by atoms with Crippen LogP contribution in [-0.2, 0) is 30.2 Å². The second-order valence-electron chi connectivity index (χ2n) is 19.0. The third kappa shape index (κ3) is 10.1. The molecule has 0 amide bonds. The summed E-state index contributed by atoms with van der Waals surface area (Å²) in [4.78, 5) is 9.39. The molecule has 0 bridgehead atoms. The number of fused-ring (bicyclic) bond motifs is 3. The van der Waals surface area contributed by atoms with Gasteiger partial charge in [-0.25, -0.2) is 26.8 Å². The Balaban J connectivity index is 1.36. The SMILES string of the molecule is CC(C)c1c2/c(=C(\C#N)c3nc4ccccc4o3)n([B]c3ccccc3)c(-c3cccc(OS(=O)(=O)C(F)(F)C(F)(F)C(F)(F)S(=O)(=O)NS(=O)(=O)C(F)(F)F)c3)c2/c(=C(\C#N)c2nc3ccccc3o2)n1B(c1ccccc1)c1ccccc1. The van der Waals surface area contributed by atoms with Crippen LogP contribution in [0.5, 0.6) is 5.75 Å². The molecule has 4 heterocycles. The van der Waals surface area contributed by atoms with E-state index < -0.39 is 74.7 Å². The Hall–Kier alpha value is -9.09. The van der Waals surface area contributed by atoms with Gasteiger partial charge in [-0.3, -0.25) is 0 Å². The van der Waals surface area contributed by atoms with E-state index in [9.17, 15) is 48.9 Å². The van der Waals surface area contributed by atoms with Crippen LogP contribution >= 0.6 is 0 Å². The van der Waals surface area contributed by atoms with Gasteiger partial charge in [0.1, 0.15) is 40.1 Å². The third-order valence-electron chi connectivity index (χ3n) is 13.2. The molecular weight excluding hydrogens is 1190 g/mol. The predicted molar refractivity (Wildman–Crippen MR) is 295 cm³/mol. The Bertz CT molecular complexity index is 4750. The zero-order chi connectivity index (χ0) is 61.2. The molecule has 0 spiro atoms. The van der Waals surface area contributed by atoms with Gasteiger partial charge < -0.3 is 22.0 Å². The number of hydrogen-bond donors (Lipinski definition) is 1. The fourth-order valence-electron chi connectivity index (χ4n) is 9.59. The highest BCUT2D eigenvalue weighted by atomic mass is 32.3. The number of nitriles is 2. The minimum Gasteiger partial charge on any atom is -0.435 e. The van der Waals surface area contributed by atoms with E-state index in [0.717, 1.165) is 6.07 Å². The average molecular weight is 1230 g/mol. The number of halogens is 9. The number of alkyl halides is 9. The molecule has 0 unspecified atom stereocenters. The van der Waals surface area contributed by atoms with Crippen molar-refractivity contribution in [1.29, 1.82) is 10.5 Å². The lowest BCUT2D eigenvalue weighted by atomic mass is 9.50. The van der Waals surface area contributed by atoms with E-state index in [4.69, 9.17) is 13.8 Å². The van der Waals surface area contributed by atoms with Gasteiger partial charge in [-0.1, -0.05) is 162 Å². The van der Waals surface area contributed by atoms with Gasteiger partial charge in [-0.15, -0.1) is 0 Å². The Morgan fingerprint density at radius 1 is 0.612 bits per heavy atom. The standard InChI is InChI=1S/C55H35B2F9N7O9S3/c1-32(2)46-44-45(49(39(31-68)51-70-41-26-13-15-28-43(41)81-51)73(46)57(35-20-8-4-9-21-35)36-22-10-5-11-23-36)47(72(56-34-18-6-3-7-19-34)48(44)38(30-67)50-69-40-25-12-14-27-42(40)80-50)33-17-16-24-37(29-33)82-85(78,79)54(62,63)52(58,59)53(60,61)83(74,75)71-84(76,77)55(64,65)66/h3-29,32,71H,1-2H3/b48-38-,49-39-. The molecule has 0 aliphatic rings. The Morgan fingerprint density at radius 2 is 1.09 bits per heavy atom. The number of para-hydroxylation sites is 4. The Morgan fingerprint density at radius 3 is 1.58 bits per heavy atom. The summed E-state index contributed by atoms with van der Waals surface area (Å²) in [7, 11) is -21.9. The van der Waals surface area contributed by atoms with Gasteiger partial charge >= 0.3 is 48.9 Å². The maximum Gasteiger partial charge on any atom is 0.512 e. The number of sulfonamides is 2. The maximum absolute atomic E-state index is 15.8. The smallest absolute Gasteiger partial charge is 0.435 e. The summed E-state index contributed by atoms with van der Waals surface area (Å²) in [5.74, 6) is -10.4. The van der Waals surface area contributed by atoms with E-state index in [1.165, 1.54) is 18.0 Å². The zero-order valence-electron chi connectivity index (χ0n) is 43.3. The van der Waals surface area contributed by atoms with Crippen molar-refractivity contribution in [1.82, 2.24) is 23.1 Å². The average Bonchev–Trinajstić information content (AvgIpc) is 1.65. The van der Waals surface area contributed by atoms with Gasteiger partial charge in [0.05, 0.1) is 10.7 Å². The first-order valence-corrected chi connectivity index (χ1v) is 29.1. The molecule has 0 aliphatic heterocycles. The first-order valence-electron chi connectivity index (χ1n) is 24.7. The molecule has 0 atom stereocenters. The van der Waals surface area contributed by atoms with E-state index >= 15 is 26.3 Å². The van der Waals surface area contributed by atoms with Crippen LogP contribution in [0.15, 0.2) is 173 Å². The van der Waals surface area contributed by atoms with E-state index in [1.807, 2.05) is 28.7 Å². The first kappa shape index (κ1) is 59.1. The molecule has 10 aromatic rings. The van der Waals surface area contributed by atoms with Crippen LogP contribution in [-0.4, -0.2) is 80.4 Å². The number of hydrogen-bond acceptors (Lipinski definition) is 13. The number of nitrogens with one attached hydrogen (secondary N) is 1.